The zero-order chi connectivity index (χ0) is 17.2. The van der Waals surface area contributed by atoms with E-state index in [1.807, 2.05) is 0 Å². The minimum atomic E-state index is -0.110. The van der Waals surface area contributed by atoms with Crippen LogP contribution in [0.1, 0.15) is 35.3 Å². The lowest BCUT2D eigenvalue weighted by Gasteiger charge is -2.31. The minimum absolute atomic E-state index is 0.00273. The van der Waals surface area contributed by atoms with Gasteiger partial charge in [0.15, 0.2) is 0 Å². The molecule has 1 saturated heterocycles. The van der Waals surface area contributed by atoms with Crippen LogP contribution in [0, 0.1) is 17.2 Å². The smallest absolute Gasteiger partial charge is 0.229 e. The van der Waals surface area contributed by atoms with Gasteiger partial charge in [0.1, 0.15) is 11.1 Å². The number of anilines is 2. The Morgan fingerprint density at radius 3 is 2.96 bits per heavy atom. The Kier molecular flexibility index (Phi) is 4.36. The maximum absolute atomic E-state index is 12.8. The average Bonchev–Trinajstić information content (AvgIpc) is 3.23. The fraction of sp³-hybridized carbons (Fsp3) is 0.444. The molecule has 1 atom stereocenters. The van der Waals surface area contributed by atoms with Gasteiger partial charge >= 0.3 is 0 Å². The number of rotatable bonds is 3. The Balaban J connectivity index is 1.47. The first-order chi connectivity index (χ1) is 12.3. The molecule has 3 heterocycles. The fourth-order valence-corrected chi connectivity index (χ4v) is 4.89. The maximum atomic E-state index is 12.8. The summed E-state index contributed by atoms with van der Waals surface area (Å²) in [6, 6.07) is 4.07. The summed E-state index contributed by atoms with van der Waals surface area (Å²) in [6.45, 7) is 1.48. The molecule has 1 aliphatic carbocycles. The van der Waals surface area contributed by atoms with E-state index >= 15 is 0 Å². The molecule has 0 saturated carbocycles. The minimum Gasteiger partial charge on any atom is -0.340 e. The second-order valence-corrected chi connectivity index (χ2v) is 7.60. The summed E-state index contributed by atoms with van der Waals surface area (Å²) in [7, 11) is 0. The van der Waals surface area contributed by atoms with E-state index in [1.165, 1.54) is 4.88 Å². The van der Waals surface area contributed by atoms with E-state index in [2.05, 4.69) is 26.3 Å². The molecular weight excluding hydrogens is 334 g/mol. The summed E-state index contributed by atoms with van der Waals surface area (Å²) < 4.78 is 0. The Morgan fingerprint density at radius 2 is 2.16 bits per heavy atom. The van der Waals surface area contributed by atoms with Crippen molar-refractivity contribution >= 4 is 28.2 Å². The third-order valence-corrected chi connectivity index (χ3v) is 6.10. The number of carbonyl (C=O) groups is 1. The second-order valence-electron chi connectivity index (χ2n) is 6.50. The Labute approximate surface area is 150 Å². The number of carbonyl (C=O) groups excluding carboxylic acids is 1. The third-order valence-electron chi connectivity index (χ3n) is 4.90. The van der Waals surface area contributed by atoms with Crippen molar-refractivity contribution in [3.05, 3.63) is 34.5 Å². The van der Waals surface area contributed by atoms with Gasteiger partial charge in [-0.05, 0) is 43.7 Å². The van der Waals surface area contributed by atoms with Gasteiger partial charge in [-0.1, -0.05) is 0 Å². The SMILES string of the molecule is N#Cc1c(NC(=O)[C@@H]2CCCN(c3ncccn3)C2)sc2c1CCC2. The van der Waals surface area contributed by atoms with Crippen molar-refractivity contribution in [3.8, 4) is 6.07 Å². The van der Waals surface area contributed by atoms with Crippen LogP contribution in [0.5, 0.6) is 0 Å². The zero-order valence-electron chi connectivity index (χ0n) is 13.9. The largest absolute Gasteiger partial charge is 0.340 e. The number of hydrogen-bond acceptors (Lipinski definition) is 6. The fourth-order valence-electron chi connectivity index (χ4n) is 3.65. The van der Waals surface area contributed by atoms with E-state index < -0.39 is 0 Å². The highest BCUT2D eigenvalue weighted by Crippen LogP contribution is 2.39. The first kappa shape index (κ1) is 16.0. The number of amides is 1. The van der Waals surface area contributed by atoms with Gasteiger partial charge < -0.3 is 10.2 Å². The number of piperidine rings is 1. The molecule has 2 aliphatic rings. The van der Waals surface area contributed by atoms with Crippen LogP contribution >= 0.6 is 11.3 Å². The Morgan fingerprint density at radius 1 is 1.32 bits per heavy atom. The molecule has 7 heteroatoms. The highest BCUT2D eigenvalue weighted by molar-refractivity contribution is 7.16. The molecule has 2 aromatic rings. The molecule has 6 nitrogen and oxygen atoms in total. The molecule has 25 heavy (non-hydrogen) atoms. The van der Waals surface area contributed by atoms with Gasteiger partial charge in [-0.25, -0.2) is 9.97 Å². The van der Waals surface area contributed by atoms with Gasteiger partial charge in [0.05, 0.1) is 11.5 Å². The molecule has 1 aliphatic heterocycles. The molecule has 0 radical (unpaired) electrons. The van der Waals surface area contributed by atoms with Crippen LogP contribution in [0.25, 0.3) is 0 Å². The van der Waals surface area contributed by atoms with E-state index in [4.69, 9.17) is 0 Å². The van der Waals surface area contributed by atoms with Crippen LogP contribution in [-0.4, -0.2) is 29.0 Å². The van der Waals surface area contributed by atoms with Crippen molar-refractivity contribution in [2.75, 3.05) is 23.3 Å². The Hall–Kier alpha value is -2.46. The lowest BCUT2D eigenvalue weighted by atomic mass is 9.97. The predicted octanol–water partition coefficient (Wildman–Crippen LogP) is 2.75. The molecule has 2 aromatic heterocycles. The number of nitrogens with zero attached hydrogens (tertiary/aromatic N) is 4. The molecule has 0 aromatic carbocycles. The number of aromatic nitrogens is 2. The molecule has 1 amide bonds. The summed E-state index contributed by atoms with van der Waals surface area (Å²) in [6.07, 6.45) is 8.31. The molecular formula is C18H19N5OS. The predicted molar refractivity (Wildman–Crippen MR) is 96.7 cm³/mol. The van der Waals surface area contributed by atoms with Crippen LogP contribution in [0.3, 0.4) is 0 Å². The number of fused-ring (bicyclic) bond motifs is 1. The van der Waals surface area contributed by atoms with Gasteiger partial charge in [-0.2, -0.15) is 5.26 Å². The van der Waals surface area contributed by atoms with E-state index in [9.17, 15) is 10.1 Å². The molecule has 1 fully saturated rings. The summed E-state index contributed by atoms with van der Waals surface area (Å²) in [5, 5.41) is 13.2. The van der Waals surface area contributed by atoms with E-state index in [0.29, 0.717) is 18.1 Å². The monoisotopic (exact) mass is 353 g/mol. The quantitative estimate of drug-likeness (QED) is 0.917. The number of nitrogens with one attached hydrogen (secondary N) is 1. The number of aryl methyl sites for hydroxylation is 1. The van der Waals surface area contributed by atoms with Crippen molar-refractivity contribution in [1.29, 1.82) is 5.26 Å². The van der Waals surface area contributed by atoms with Gasteiger partial charge in [-0.3, -0.25) is 4.79 Å². The van der Waals surface area contributed by atoms with Crippen molar-refractivity contribution in [2.45, 2.75) is 32.1 Å². The van der Waals surface area contributed by atoms with E-state index in [1.54, 1.807) is 29.8 Å². The Bertz CT molecular complexity index is 826. The number of thiophene rings is 1. The lowest BCUT2D eigenvalue weighted by molar-refractivity contribution is -0.120. The first-order valence-corrected chi connectivity index (χ1v) is 9.45. The van der Waals surface area contributed by atoms with Crippen molar-refractivity contribution in [3.63, 3.8) is 0 Å². The highest BCUT2D eigenvalue weighted by atomic mass is 32.1. The van der Waals surface area contributed by atoms with Crippen LogP contribution in [0.15, 0.2) is 18.5 Å². The molecule has 1 N–H and O–H groups in total. The molecule has 0 unspecified atom stereocenters. The van der Waals surface area contributed by atoms with Crippen molar-refractivity contribution < 1.29 is 4.79 Å². The summed E-state index contributed by atoms with van der Waals surface area (Å²) in [5.41, 5.74) is 1.82. The first-order valence-electron chi connectivity index (χ1n) is 8.63. The highest BCUT2D eigenvalue weighted by Gasteiger charge is 2.29. The molecule has 0 bridgehead atoms. The molecule has 128 valence electrons. The van der Waals surface area contributed by atoms with Gasteiger partial charge in [0.2, 0.25) is 11.9 Å². The van der Waals surface area contributed by atoms with Crippen molar-refractivity contribution in [2.24, 2.45) is 5.92 Å². The summed E-state index contributed by atoms with van der Waals surface area (Å²) in [5.74, 6) is 0.561. The third kappa shape index (κ3) is 3.10. The van der Waals surface area contributed by atoms with Gasteiger partial charge in [-0.15, -0.1) is 11.3 Å². The van der Waals surface area contributed by atoms with Gasteiger partial charge in [0, 0.05) is 30.4 Å². The average molecular weight is 353 g/mol. The van der Waals surface area contributed by atoms with E-state index in [-0.39, 0.29) is 11.8 Å². The normalized spacial score (nSPS) is 19.3. The maximum Gasteiger partial charge on any atom is 0.229 e. The van der Waals surface area contributed by atoms with Crippen LogP contribution < -0.4 is 10.2 Å². The zero-order valence-corrected chi connectivity index (χ0v) is 14.7. The molecule has 0 spiro atoms. The number of nitriles is 1. The topological polar surface area (TPSA) is 81.9 Å². The van der Waals surface area contributed by atoms with Gasteiger partial charge in [0.25, 0.3) is 0 Å². The van der Waals surface area contributed by atoms with Crippen LogP contribution in [0.4, 0.5) is 10.9 Å². The van der Waals surface area contributed by atoms with E-state index in [0.717, 1.165) is 49.2 Å². The summed E-state index contributed by atoms with van der Waals surface area (Å²) >= 11 is 1.57. The molecule has 4 rings (SSSR count). The standard InChI is InChI=1S/C18H19N5OS/c19-10-14-13-5-1-6-15(13)25-17(14)22-16(24)12-4-2-9-23(11-12)18-20-7-3-8-21-18/h3,7-8,12H,1-2,4-6,9,11H2,(H,22,24)/t12-/m1/s1. The number of hydrogen-bond donors (Lipinski definition) is 1. The van der Waals surface area contributed by atoms with Crippen molar-refractivity contribution in [1.82, 2.24) is 9.97 Å². The van der Waals surface area contributed by atoms with Crippen LogP contribution in [0.2, 0.25) is 0 Å². The summed E-state index contributed by atoms with van der Waals surface area (Å²) in [4.78, 5) is 24.6. The van der Waals surface area contributed by atoms with Crippen LogP contribution in [-0.2, 0) is 17.6 Å². The second kappa shape index (κ2) is 6.81. The lowest BCUT2D eigenvalue weighted by Crippen LogP contribution is -2.41.